The van der Waals surface area contributed by atoms with Gasteiger partial charge >= 0.3 is 0 Å². The summed E-state index contributed by atoms with van der Waals surface area (Å²) < 4.78 is 0. The van der Waals surface area contributed by atoms with Crippen molar-refractivity contribution < 1.29 is 5.11 Å². The smallest absolute Gasteiger partial charge is 0.0740 e. The van der Waals surface area contributed by atoms with Crippen molar-refractivity contribution in [3.63, 3.8) is 0 Å². The van der Waals surface area contributed by atoms with Crippen molar-refractivity contribution in [1.82, 2.24) is 0 Å². The molecule has 0 unspecified atom stereocenters. The summed E-state index contributed by atoms with van der Waals surface area (Å²) in [5.74, 6) is 1.84. The molecule has 1 nitrogen and oxygen atoms in total. The van der Waals surface area contributed by atoms with Crippen LogP contribution in [0.2, 0.25) is 0 Å². The Hall–Kier alpha value is -0.300. The van der Waals surface area contributed by atoms with E-state index in [1.165, 1.54) is 6.42 Å². The van der Waals surface area contributed by atoms with Gasteiger partial charge in [-0.3, -0.25) is 0 Å². The second-order valence-corrected chi connectivity index (χ2v) is 5.75. The Morgan fingerprint density at radius 2 is 1.93 bits per heavy atom. The van der Waals surface area contributed by atoms with E-state index in [0.717, 1.165) is 12.8 Å². The van der Waals surface area contributed by atoms with Crippen molar-refractivity contribution in [2.24, 2.45) is 23.7 Å². The van der Waals surface area contributed by atoms with E-state index in [1.54, 1.807) is 0 Å². The SMILES string of the molecule is C=C[C@@H](C)[C@@]1(O)C[C@@H](C)CC[C@@H]1C(C)C. The average Bonchev–Trinajstić information content (AvgIpc) is 2.15. The first kappa shape index (κ1) is 12.8. The average molecular weight is 210 g/mol. The summed E-state index contributed by atoms with van der Waals surface area (Å²) in [5, 5.41) is 10.9. The van der Waals surface area contributed by atoms with E-state index in [4.69, 9.17) is 0 Å². The standard InChI is InChI=1S/C14H26O/c1-6-12(5)14(15)9-11(4)7-8-13(14)10(2)3/h6,10-13,15H,1,7-9H2,2-5H3/t11-,12+,13+,14-/m0/s1. The molecule has 0 aromatic rings. The second-order valence-electron chi connectivity index (χ2n) is 5.75. The van der Waals surface area contributed by atoms with E-state index in [2.05, 4.69) is 34.3 Å². The van der Waals surface area contributed by atoms with Crippen LogP contribution in [-0.4, -0.2) is 10.7 Å². The zero-order valence-electron chi connectivity index (χ0n) is 10.7. The van der Waals surface area contributed by atoms with Crippen LogP contribution in [0.5, 0.6) is 0 Å². The molecule has 0 spiro atoms. The van der Waals surface area contributed by atoms with E-state index in [1.807, 2.05) is 6.08 Å². The van der Waals surface area contributed by atoms with Crippen LogP contribution >= 0.6 is 0 Å². The van der Waals surface area contributed by atoms with Crippen LogP contribution < -0.4 is 0 Å². The van der Waals surface area contributed by atoms with E-state index < -0.39 is 5.60 Å². The van der Waals surface area contributed by atoms with Crippen LogP contribution in [-0.2, 0) is 0 Å². The number of hydrogen-bond donors (Lipinski definition) is 1. The molecule has 0 amide bonds. The molecular formula is C14H26O. The molecule has 0 radical (unpaired) electrons. The molecule has 0 aliphatic heterocycles. The highest BCUT2D eigenvalue weighted by Crippen LogP contribution is 2.45. The molecule has 1 aliphatic rings. The number of aliphatic hydroxyl groups is 1. The maximum atomic E-state index is 10.9. The van der Waals surface area contributed by atoms with Gasteiger partial charge in [-0.25, -0.2) is 0 Å². The molecular weight excluding hydrogens is 184 g/mol. The first-order valence-corrected chi connectivity index (χ1v) is 6.26. The number of hydrogen-bond acceptors (Lipinski definition) is 1. The highest BCUT2D eigenvalue weighted by molar-refractivity contribution is 5.01. The Bertz CT molecular complexity index is 221. The van der Waals surface area contributed by atoms with Gasteiger partial charge in [0.2, 0.25) is 0 Å². The molecule has 0 aromatic heterocycles. The van der Waals surface area contributed by atoms with Gasteiger partial charge in [0, 0.05) is 5.92 Å². The highest BCUT2D eigenvalue weighted by Gasteiger charge is 2.45. The quantitative estimate of drug-likeness (QED) is 0.705. The lowest BCUT2D eigenvalue weighted by molar-refractivity contribution is -0.105. The lowest BCUT2D eigenvalue weighted by atomic mass is 9.62. The zero-order valence-corrected chi connectivity index (χ0v) is 10.7. The lowest BCUT2D eigenvalue weighted by Gasteiger charge is -2.47. The summed E-state index contributed by atoms with van der Waals surface area (Å²) in [4.78, 5) is 0. The Kier molecular flexibility index (Phi) is 3.99. The van der Waals surface area contributed by atoms with E-state index in [0.29, 0.717) is 17.8 Å². The highest BCUT2D eigenvalue weighted by atomic mass is 16.3. The molecule has 1 fully saturated rings. The minimum absolute atomic E-state index is 0.202. The summed E-state index contributed by atoms with van der Waals surface area (Å²) in [6, 6.07) is 0. The zero-order chi connectivity index (χ0) is 11.6. The molecule has 88 valence electrons. The van der Waals surface area contributed by atoms with Crippen molar-refractivity contribution in [1.29, 1.82) is 0 Å². The molecule has 15 heavy (non-hydrogen) atoms. The van der Waals surface area contributed by atoms with Crippen LogP contribution in [0.3, 0.4) is 0 Å². The lowest BCUT2D eigenvalue weighted by Crippen LogP contribution is -2.49. The molecule has 0 bridgehead atoms. The minimum atomic E-state index is -0.520. The van der Waals surface area contributed by atoms with Gasteiger partial charge in [-0.2, -0.15) is 0 Å². The maximum Gasteiger partial charge on any atom is 0.0740 e. The fourth-order valence-corrected chi connectivity index (χ4v) is 3.16. The van der Waals surface area contributed by atoms with E-state index >= 15 is 0 Å². The Labute approximate surface area is 94.6 Å². The van der Waals surface area contributed by atoms with Crippen molar-refractivity contribution in [3.8, 4) is 0 Å². The van der Waals surface area contributed by atoms with Gasteiger partial charge in [0.15, 0.2) is 0 Å². The fraction of sp³-hybridized carbons (Fsp3) is 0.857. The first-order valence-electron chi connectivity index (χ1n) is 6.26. The van der Waals surface area contributed by atoms with E-state index in [9.17, 15) is 5.11 Å². The summed E-state index contributed by atoms with van der Waals surface area (Å²) in [6.07, 6.45) is 5.26. The monoisotopic (exact) mass is 210 g/mol. The maximum absolute atomic E-state index is 10.9. The second kappa shape index (κ2) is 4.69. The summed E-state index contributed by atoms with van der Waals surface area (Å²) in [7, 11) is 0. The van der Waals surface area contributed by atoms with Gasteiger partial charge in [-0.15, -0.1) is 6.58 Å². The van der Waals surface area contributed by atoms with Crippen molar-refractivity contribution in [2.75, 3.05) is 0 Å². The van der Waals surface area contributed by atoms with Gasteiger partial charge in [-0.1, -0.05) is 40.2 Å². The van der Waals surface area contributed by atoms with Gasteiger partial charge < -0.3 is 5.11 Å². The Balaban J connectivity index is 2.90. The van der Waals surface area contributed by atoms with Crippen LogP contribution in [0.15, 0.2) is 12.7 Å². The predicted molar refractivity (Wildman–Crippen MR) is 65.7 cm³/mol. The van der Waals surface area contributed by atoms with Crippen LogP contribution in [0.25, 0.3) is 0 Å². The van der Waals surface area contributed by atoms with Crippen LogP contribution in [0.1, 0.15) is 47.0 Å². The molecule has 1 aliphatic carbocycles. The molecule has 0 saturated heterocycles. The van der Waals surface area contributed by atoms with Gasteiger partial charge in [0.05, 0.1) is 5.60 Å². The molecule has 0 heterocycles. The molecule has 4 atom stereocenters. The fourth-order valence-electron chi connectivity index (χ4n) is 3.16. The largest absolute Gasteiger partial charge is 0.389 e. The van der Waals surface area contributed by atoms with Gasteiger partial charge in [0.1, 0.15) is 0 Å². The summed E-state index contributed by atoms with van der Waals surface area (Å²) in [5.41, 5.74) is -0.520. The van der Waals surface area contributed by atoms with Crippen LogP contribution in [0.4, 0.5) is 0 Å². The Morgan fingerprint density at radius 1 is 1.33 bits per heavy atom. The third-order valence-corrected chi connectivity index (χ3v) is 4.23. The van der Waals surface area contributed by atoms with Crippen molar-refractivity contribution >= 4 is 0 Å². The third-order valence-electron chi connectivity index (χ3n) is 4.23. The van der Waals surface area contributed by atoms with Crippen molar-refractivity contribution in [3.05, 3.63) is 12.7 Å². The molecule has 0 aromatic carbocycles. The Morgan fingerprint density at radius 3 is 2.40 bits per heavy atom. The molecule has 1 saturated carbocycles. The topological polar surface area (TPSA) is 20.2 Å². The first-order chi connectivity index (χ1) is 6.91. The normalized spacial score (nSPS) is 39.1. The molecule has 1 rings (SSSR count). The van der Waals surface area contributed by atoms with Crippen LogP contribution in [0, 0.1) is 23.7 Å². The summed E-state index contributed by atoms with van der Waals surface area (Å²) in [6.45, 7) is 12.6. The van der Waals surface area contributed by atoms with Gasteiger partial charge in [0.25, 0.3) is 0 Å². The van der Waals surface area contributed by atoms with Crippen molar-refractivity contribution in [2.45, 2.75) is 52.6 Å². The predicted octanol–water partition coefficient (Wildman–Crippen LogP) is 3.63. The minimum Gasteiger partial charge on any atom is -0.389 e. The molecule has 1 heteroatoms. The summed E-state index contributed by atoms with van der Waals surface area (Å²) >= 11 is 0. The number of rotatable bonds is 3. The van der Waals surface area contributed by atoms with Gasteiger partial charge in [-0.05, 0) is 30.6 Å². The van der Waals surface area contributed by atoms with E-state index in [-0.39, 0.29) is 5.92 Å². The third kappa shape index (κ3) is 2.44. The molecule has 1 N–H and O–H groups in total.